The van der Waals surface area contributed by atoms with Crippen LogP contribution in [0.25, 0.3) is 0 Å². The molecule has 1 fully saturated rings. The molecule has 94 valence electrons. The highest BCUT2D eigenvalue weighted by Crippen LogP contribution is 2.21. The summed E-state index contributed by atoms with van der Waals surface area (Å²) in [5, 5.41) is 6.17. The first-order valence-corrected chi connectivity index (χ1v) is 6.68. The van der Waals surface area contributed by atoms with Crippen molar-refractivity contribution in [2.24, 2.45) is 5.92 Å². The molecule has 3 heteroatoms. The molecule has 3 nitrogen and oxygen atoms in total. The second-order valence-corrected chi connectivity index (χ2v) is 5.21. The summed E-state index contributed by atoms with van der Waals surface area (Å²) in [5.74, 6) is 0.901. The predicted molar refractivity (Wildman–Crippen MR) is 67.3 cm³/mol. The minimum atomic E-state index is 0.114. The lowest BCUT2D eigenvalue weighted by atomic mass is 10.0. The summed E-state index contributed by atoms with van der Waals surface area (Å²) in [6.07, 6.45) is 8.18. The third-order valence-electron chi connectivity index (χ3n) is 3.14. The molecule has 0 aromatic rings. The zero-order chi connectivity index (χ0) is 11.8. The standard InChI is InChI=1S/C13H26N2O/c1-11(2)15-13(16)10-14-9-12-7-5-3-4-6-8-12/h11-12,14H,3-10H2,1-2H3,(H,15,16). The van der Waals surface area contributed by atoms with E-state index >= 15 is 0 Å². The quantitative estimate of drug-likeness (QED) is 0.705. The Kier molecular flexibility index (Phi) is 6.46. The van der Waals surface area contributed by atoms with Gasteiger partial charge in [-0.25, -0.2) is 0 Å². The normalized spacial score (nSPS) is 18.4. The summed E-state index contributed by atoms with van der Waals surface area (Å²) in [4.78, 5) is 11.4. The van der Waals surface area contributed by atoms with Gasteiger partial charge in [0.05, 0.1) is 6.54 Å². The summed E-state index contributed by atoms with van der Waals surface area (Å²) in [7, 11) is 0. The first-order chi connectivity index (χ1) is 7.68. The van der Waals surface area contributed by atoms with Crippen molar-refractivity contribution in [1.29, 1.82) is 0 Å². The number of hydrogen-bond donors (Lipinski definition) is 2. The zero-order valence-corrected chi connectivity index (χ0v) is 10.7. The second kappa shape index (κ2) is 7.66. The van der Waals surface area contributed by atoms with E-state index in [1.807, 2.05) is 13.8 Å². The van der Waals surface area contributed by atoms with Gasteiger partial charge in [0.25, 0.3) is 0 Å². The van der Waals surface area contributed by atoms with E-state index in [4.69, 9.17) is 0 Å². The van der Waals surface area contributed by atoms with Crippen molar-refractivity contribution >= 4 is 5.91 Å². The topological polar surface area (TPSA) is 41.1 Å². The molecule has 1 rings (SSSR count). The molecule has 0 saturated heterocycles. The van der Waals surface area contributed by atoms with Crippen LogP contribution in [-0.4, -0.2) is 25.0 Å². The molecule has 0 spiro atoms. The van der Waals surface area contributed by atoms with Gasteiger partial charge in [0.2, 0.25) is 5.91 Å². The first kappa shape index (κ1) is 13.5. The van der Waals surface area contributed by atoms with Gasteiger partial charge in [0.1, 0.15) is 0 Å². The third-order valence-corrected chi connectivity index (χ3v) is 3.14. The van der Waals surface area contributed by atoms with Gasteiger partial charge >= 0.3 is 0 Å². The fraction of sp³-hybridized carbons (Fsp3) is 0.923. The van der Waals surface area contributed by atoms with Crippen LogP contribution >= 0.6 is 0 Å². The van der Waals surface area contributed by atoms with Crippen LogP contribution in [0.1, 0.15) is 52.4 Å². The van der Waals surface area contributed by atoms with Gasteiger partial charge < -0.3 is 10.6 Å². The lowest BCUT2D eigenvalue weighted by molar-refractivity contribution is -0.120. The highest BCUT2D eigenvalue weighted by Gasteiger charge is 2.12. The van der Waals surface area contributed by atoms with Crippen LogP contribution in [0.2, 0.25) is 0 Å². The lowest BCUT2D eigenvalue weighted by Crippen LogP contribution is -2.39. The molecule has 2 N–H and O–H groups in total. The highest BCUT2D eigenvalue weighted by molar-refractivity contribution is 5.78. The molecule has 1 aliphatic carbocycles. The maximum atomic E-state index is 11.4. The molecule has 1 aliphatic rings. The van der Waals surface area contributed by atoms with Gasteiger partial charge in [0.15, 0.2) is 0 Å². The van der Waals surface area contributed by atoms with Crippen molar-refractivity contribution in [3.63, 3.8) is 0 Å². The first-order valence-electron chi connectivity index (χ1n) is 6.68. The van der Waals surface area contributed by atoms with Crippen LogP contribution in [0.5, 0.6) is 0 Å². The van der Waals surface area contributed by atoms with E-state index in [0.717, 1.165) is 12.5 Å². The van der Waals surface area contributed by atoms with Crippen molar-refractivity contribution in [2.75, 3.05) is 13.1 Å². The Morgan fingerprint density at radius 2 is 1.81 bits per heavy atom. The predicted octanol–water partition coefficient (Wildman–Crippen LogP) is 2.07. The molecule has 0 heterocycles. The number of rotatable bonds is 5. The molecule has 16 heavy (non-hydrogen) atoms. The van der Waals surface area contributed by atoms with Crippen molar-refractivity contribution < 1.29 is 4.79 Å². The van der Waals surface area contributed by atoms with Crippen molar-refractivity contribution in [3.05, 3.63) is 0 Å². The Labute approximate surface area is 99.4 Å². The number of hydrogen-bond acceptors (Lipinski definition) is 2. The fourth-order valence-corrected chi connectivity index (χ4v) is 2.33. The number of carbonyl (C=O) groups excluding carboxylic acids is 1. The smallest absolute Gasteiger partial charge is 0.234 e. The summed E-state index contributed by atoms with van der Waals surface area (Å²) < 4.78 is 0. The van der Waals surface area contributed by atoms with E-state index in [1.54, 1.807) is 0 Å². The third kappa shape index (κ3) is 6.11. The van der Waals surface area contributed by atoms with Crippen LogP contribution in [0.4, 0.5) is 0 Å². The summed E-state index contributed by atoms with van der Waals surface area (Å²) >= 11 is 0. The van der Waals surface area contributed by atoms with E-state index in [-0.39, 0.29) is 11.9 Å². The molecule has 0 aliphatic heterocycles. The number of carbonyl (C=O) groups is 1. The minimum absolute atomic E-state index is 0.114. The summed E-state index contributed by atoms with van der Waals surface area (Å²) in [6, 6.07) is 0.243. The van der Waals surface area contributed by atoms with Gasteiger partial charge in [-0.2, -0.15) is 0 Å². The molecule has 0 radical (unpaired) electrons. The molecule has 1 amide bonds. The van der Waals surface area contributed by atoms with Gasteiger partial charge in [0, 0.05) is 6.04 Å². The summed E-state index contributed by atoms with van der Waals surface area (Å²) in [6.45, 7) is 5.45. The minimum Gasteiger partial charge on any atom is -0.353 e. The maximum Gasteiger partial charge on any atom is 0.234 e. The van der Waals surface area contributed by atoms with E-state index in [0.29, 0.717) is 6.54 Å². The zero-order valence-electron chi connectivity index (χ0n) is 10.7. The number of amides is 1. The molecule has 0 bridgehead atoms. The Hall–Kier alpha value is -0.570. The molecular formula is C13H26N2O. The van der Waals surface area contributed by atoms with Crippen molar-refractivity contribution in [2.45, 2.75) is 58.4 Å². The van der Waals surface area contributed by atoms with Crippen molar-refractivity contribution in [1.82, 2.24) is 10.6 Å². The van der Waals surface area contributed by atoms with Crippen LogP contribution in [0.15, 0.2) is 0 Å². The molecule has 0 aromatic heterocycles. The van der Waals surface area contributed by atoms with Gasteiger partial charge in [-0.1, -0.05) is 25.7 Å². The van der Waals surface area contributed by atoms with Gasteiger partial charge in [-0.05, 0) is 39.2 Å². The van der Waals surface area contributed by atoms with Crippen molar-refractivity contribution in [3.8, 4) is 0 Å². The monoisotopic (exact) mass is 226 g/mol. The molecular weight excluding hydrogens is 200 g/mol. The Morgan fingerprint density at radius 1 is 1.19 bits per heavy atom. The Balaban J connectivity index is 2.07. The van der Waals surface area contributed by atoms with Crippen LogP contribution in [-0.2, 0) is 4.79 Å². The van der Waals surface area contributed by atoms with E-state index in [2.05, 4.69) is 10.6 Å². The summed E-state index contributed by atoms with van der Waals surface area (Å²) in [5.41, 5.74) is 0. The average Bonchev–Trinajstić information content (AvgIpc) is 2.45. The molecule has 0 aromatic carbocycles. The second-order valence-electron chi connectivity index (χ2n) is 5.21. The van der Waals surface area contributed by atoms with Crippen LogP contribution in [0.3, 0.4) is 0 Å². The lowest BCUT2D eigenvalue weighted by Gasteiger charge is -2.15. The van der Waals surface area contributed by atoms with Crippen LogP contribution < -0.4 is 10.6 Å². The SMILES string of the molecule is CC(C)NC(=O)CNCC1CCCCCC1. The fourth-order valence-electron chi connectivity index (χ4n) is 2.33. The van der Waals surface area contributed by atoms with E-state index < -0.39 is 0 Å². The number of nitrogens with one attached hydrogen (secondary N) is 2. The van der Waals surface area contributed by atoms with E-state index in [9.17, 15) is 4.79 Å². The van der Waals surface area contributed by atoms with E-state index in [1.165, 1.54) is 38.5 Å². The molecule has 1 saturated carbocycles. The molecule has 0 unspecified atom stereocenters. The maximum absolute atomic E-state index is 11.4. The Morgan fingerprint density at radius 3 is 2.38 bits per heavy atom. The molecule has 0 atom stereocenters. The van der Waals surface area contributed by atoms with Gasteiger partial charge in [-0.15, -0.1) is 0 Å². The van der Waals surface area contributed by atoms with Crippen LogP contribution in [0, 0.1) is 5.92 Å². The highest BCUT2D eigenvalue weighted by atomic mass is 16.1. The van der Waals surface area contributed by atoms with Gasteiger partial charge in [-0.3, -0.25) is 4.79 Å². The largest absolute Gasteiger partial charge is 0.353 e. The average molecular weight is 226 g/mol. The Bertz CT molecular complexity index is 196.